The normalized spacial score (nSPS) is 27.4. The van der Waals surface area contributed by atoms with Crippen LogP contribution in [0.2, 0.25) is 0 Å². The molecule has 0 spiro atoms. The van der Waals surface area contributed by atoms with E-state index >= 15 is 0 Å². The zero-order valence-electron chi connectivity index (χ0n) is 11.8. The smallest absolute Gasteiger partial charge is 0.00698 e. The van der Waals surface area contributed by atoms with Crippen molar-refractivity contribution in [3.05, 3.63) is 0 Å². The molecule has 0 aromatic carbocycles. The molecule has 96 valence electrons. The van der Waals surface area contributed by atoms with E-state index in [1.54, 1.807) is 0 Å². The predicted octanol–water partition coefficient (Wildman–Crippen LogP) is 4.51. The topological polar surface area (TPSA) is 12.0 Å². The third-order valence-electron chi connectivity index (χ3n) is 4.18. The second-order valence-electron chi connectivity index (χ2n) is 6.35. The van der Waals surface area contributed by atoms with Crippen LogP contribution in [-0.4, -0.2) is 12.1 Å². The highest BCUT2D eigenvalue weighted by atomic mass is 14.9. The lowest BCUT2D eigenvalue weighted by Gasteiger charge is -2.25. The van der Waals surface area contributed by atoms with E-state index in [2.05, 4.69) is 33.0 Å². The third-order valence-corrected chi connectivity index (χ3v) is 4.18. The fourth-order valence-electron chi connectivity index (χ4n) is 2.92. The Balaban J connectivity index is 2.36. The van der Waals surface area contributed by atoms with Gasteiger partial charge < -0.3 is 5.32 Å². The molecule has 0 aliphatic heterocycles. The van der Waals surface area contributed by atoms with E-state index < -0.39 is 0 Å². The van der Waals surface area contributed by atoms with Crippen molar-refractivity contribution in [3.63, 3.8) is 0 Å². The molecule has 2 unspecified atom stereocenters. The first-order valence-electron chi connectivity index (χ1n) is 7.33. The van der Waals surface area contributed by atoms with E-state index in [1.165, 1.54) is 51.4 Å². The summed E-state index contributed by atoms with van der Waals surface area (Å²) in [6, 6.07) is 1.55. The van der Waals surface area contributed by atoms with Gasteiger partial charge in [0.25, 0.3) is 0 Å². The Labute approximate surface area is 102 Å². The average molecular weight is 225 g/mol. The highest BCUT2D eigenvalue weighted by molar-refractivity contribution is 4.81. The summed E-state index contributed by atoms with van der Waals surface area (Å²) in [4.78, 5) is 0. The Bertz CT molecular complexity index is 186. The molecular weight excluding hydrogens is 194 g/mol. The van der Waals surface area contributed by atoms with E-state index in [9.17, 15) is 0 Å². The summed E-state index contributed by atoms with van der Waals surface area (Å²) in [6.45, 7) is 9.46. The van der Waals surface area contributed by atoms with Crippen molar-refractivity contribution in [1.29, 1.82) is 0 Å². The number of rotatable bonds is 5. The maximum atomic E-state index is 3.88. The van der Waals surface area contributed by atoms with Crippen LogP contribution in [0.15, 0.2) is 0 Å². The van der Waals surface area contributed by atoms with Crippen LogP contribution in [0.5, 0.6) is 0 Å². The lowest BCUT2D eigenvalue weighted by molar-refractivity contribution is 0.304. The molecule has 1 saturated carbocycles. The molecule has 16 heavy (non-hydrogen) atoms. The summed E-state index contributed by atoms with van der Waals surface area (Å²) in [5, 5.41) is 3.88. The summed E-state index contributed by atoms with van der Waals surface area (Å²) in [7, 11) is 0. The molecule has 1 N–H and O–H groups in total. The van der Waals surface area contributed by atoms with Crippen molar-refractivity contribution < 1.29 is 0 Å². The molecule has 1 aliphatic carbocycles. The first-order chi connectivity index (χ1) is 7.57. The van der Waals surface area contributed by atoms with Crippen LogP contribution >= 0.6 is 0 Å². The Morgan fingerprint density at radius 3 is 2.56 bits per heavy atom. The van der Waals surface area contributed by atoms with Gasteiger partial charge in [0, 0.05) is 12.1 Å². The standard InChI is InChI=1S/C15H31N/c1-5-8-13(6-2)16-14-9-7-11-15(3,4)12-10-14/h13-14,16H,5-12H2,1-4H3. The van der Waals surface area contributed by atoms with Gasteiger partial charge in [-0.2, -0.15) is 0 Å². The molecule has 0 bridgehead atoms. The van der Waals surface area contributed by atoms with Gasteiger partial charge in [-0.05, 0) is 43.9 Å². The number of hydrogen-bond donors (Lipinski definition) is 1. The van der Waals surface area contributed by atoms with Gasteiger partial charge in [-0.15, -0.1) is 0 Å². The van der Waals surface area contributed by atoms with Crippen molar-refractivity contribution in [2.24, 2.45) is 5.41 Å². The minimum absolute atomic E-state index is 0.586. The maximum absolute atomic E-state index is 3.88. The zero-order chi connectivity index (χ0) is 12.0. The van der Waals surface area contributed by atoms with Crippen LogP contribution in [0.1, 0.15) is 79.1 Å². The van der Waals surface area contributed by atoms with E-state index in [1.807, 2.05) is 0 Å². The highest BCUT2D eigenvalue weighted by Crippen LogP contribution is 2.33. The Morgan fingerprint density at radius 2 is 1.94 bits per heavy atom. The van der Waals surface area contributed by atoms with Crippen LogP contribution in [0.3, 0.4) is 0 Å². The van der Waals surface area contributed by atoms with Gasteiger partial charge >= 0.3 is 0 Å². The van der Waals surface area contributed by atoms with Gasteiger partial charge in [-0.25, -0.2) is 0 Å². The molecule has 1 aliphatic rings. The highest BCUT2D eigenvalue weighted by Gasteiger charge is 2.24. The summed E-state index contributed by atoms with van der Waals surface area (Å²) in [5.74, 6) is 0. The van der Waals surface area contributed by atoms with Crippen LogP contribution in [0.4, 0.5) is 0 Å². The second-order valence-corrected chi connectivity index (χ2v) is 6.35. The zero-order valence-corrected chi connectivity index (χ0v) is 11.8. The Hall–Kier alpha value is -0.0400. The second kappa shape index (κ2) is 6.64. The third kappa shape index (κ3) is 4.86. The van der Waals surface area contributed by atoms with Gasteiger partial charge in [0.05, 0.1) is 0 Å². The Kier molecular flexibility index (Phi) is 5.82. The molecule has 1 fully saturated rings. The summed E-state index contributed by atoms with van der Waals surface area (Å²) in [6.07, 6.45) is 10.9. The van der Waals surface area contributed by atoms with Crippen LogP contribution < -0.4 is 5.32 Å². The van der Waals surface area contributed by atoms with Crippen molar-refractivity contribution >= 4 is 0 Å². The van der Waals surface area contributed by atoms with Crippen molar-refractivity contribution in [1.82, 2.24) is 5.32 Å². The fourth-order valence-corrected chi connectivity index (χ4v) is 2.92. The summed E-state index contributed by atoms with van der Waals surface area (Å²) < 4.78 is 0. The first-order valence-corrected chi connectivity index (χ1v) is 7.33. The van der Waals surface area contributed by atoms with Crippen LogP contribution in [-0.2, 0) is 0 Å². The van der Waals surface area contributed by atoms with Gasteiger partial charge in [0.15, 0.2) is 0 Å². The molecule has 0 saturated heterocycles. The quantitative estimate of drug-likeness (QED) is 0.679. The Morgan fingerprint density at radius 1 is 1.19 bits per heavy atom. The first kappa shape index (κ1) is 14.0. The van der Waals surface area contributed by atoms with Gasteiger partial charge in [0.2, 0.25) is 0 Å². The van der Waals surface area contributed by atoms with E-state index in [-0.39, 0.29) is 0 Å². The minimum atomic E-state index is 0.586. The predicted molar refractivity (Wildman–Crippen MR) is 72.8 cm³/mol. The van der Waals surface area contributed by atoms with Gasteiger partial charge in [0.1, 0.15) is 0 Å². The van der Waals surface area contributed by atoms with Gasteiger partial charge in [-0.3, -0.25) is 0 Å². The van der Waals surface area contributed by atoms with Crippen LogP contribution in [0, 0.1) is 5.41 Å². The molecule has 1 heteroatoms. The molecule has 1 rings (SSSR count). The number of hydrogen-bond acceptors (Lipinski definition) is 1. The summed E-state index contributed by atoms with van der Waals surface area (Å²) >= 11 is 0. The molecular formula is C15H31N. The van der Waals surface area contributed by atoms with Crippen molar-refractivity contribution in [3.8, 4) is 0 Å². The monoisotopic (exact) mass is 225 g/mol. The lowest BCUT2D eigenvalue weighted by Crippen LogP contribution is -2.37. The molecule has 0 aromatic heterocycles. The molecule has 1 nitrogen and oxygen atoms in total. The molecule has 0 radical (unpaired) electrons. The van der Waals surface area contributed by atoms with E-state index in [4.69, 9.17) is 0 Å². The molecule has 2 atom stereocenters. The van der Waals surface area contributed by atoms with Crippen LogP contribution in [0.25, 0.3) is 0 Å². The average Bonchev–Trinajstić information content (AvgIpc) is 2.40. The minimum Gasteiger partial charge on any atom is -0.311 e. The number of nitrogens with one attached hydrogen (secondary N) is 1. The van der Waals surface area contributed by atoms with E-state index in [0.29, 0.717) is 5.41 Å². The maximum Gasteiger partial charge on any atom is 0.00698 e. The van der Waals surface area contributed by atoms with E-state index in [0.717, 1.165) is 12.1 Å². The molecule has 0 heterocycles. The molecule has 0 amide bonds. The lowest BCUT2D eigenvalue weighted by atomic mass is 9.85. The van der Waals surface area contributed by atoms with Crippen molar-refractivity contribution in [2.75, 3.05) is 0 Å². The SMILES string of the molecule is CCCC(CC)NC1CCCC(C)(C)CC1. The molecule has 0 aromatic rings. The summed E-state index contributed by atoms with van der Waals surface area (Å²) in [5.41, 5.74) is 0.586. The fraction of sp³-hybridized carbons (Fsp3) is 1.00. The van der Waals surface area contributed by atoms with Crippen molar-refractivity contribution in [2.45, 2.75) is 91.1 Å². The largest absolute Gasteiger partial charge is 0.311 e. The van der Waals surface area contributed by atoms with Gasteiger partial charge in [-0.1, -0.05) is 40.5 Å².